The zero-order valence-corrected chi connectivity index (χ0v) is 14.9. The van der Waals surface area contributed by atoms with Gasteiger partial charge in [0.2, 0.25) is 5.91 Å². The van der Waals surface area contributed by atoms with Gasteiger partial charge in [-0.05, 0) is 69.1 Å². The van der Waals surface area contributed by atoms with Crippen molar-refractivity contribution < 1.29 is 9.59 Å². The Morgan fingerprint density at radius 2 is 1.75 bits per heavy atom. The van der Waals surface area contributed by atoms with Crippen molar-refractivity contribution in [3.63, 3.8) is 0 Å². The molecule has 5 fully saturated rings. The molecular formula is C19H31N3O2. The molecule has 134 valence electrons. The maximum Gasteiger partial charge on any atom is 0.315 e. The SMILES string of the molecule is CCCC(=O)N1CCC(NC(=O)NC23CC4CC(C2)C(C4)C3)CC1. The summed E-state index contributed by atoms with van der Waals surface area (Å²) in [6.45, 7) is 3.60. The second kappa shape index (κ2) is 6.23. The molecule has 2 atom stereocenters. The molecule has 1 heterocycles. The van der Waals surface area contributed by atoms with E-state index in [1.807, 2.05) is 11.8 Å². The van der Waals surface area contributed by atoms with E-state index >= 15 is 0 Å². The highest BCUT2D eigenvalue weighted by atomic mass is 16.2. The van der Waals surface area contributed by atoms with Crippen molar-refractivity contribution in [1.29, 1.82) is 0 Å². The summed E-state index contributed by atoms with van der Waals surface area (Å²) in [6.07, 6.45) is 9.71. The van der Waals surface area contributed by atoms with Gasteiger partial charge in [0.1, 0.15) is 0 Å². The number of rotatable bonds is 4. The van der Waals surface area contributed by atoms with E-state index in [9.17, 15) is 9.59 Å². The lowest BCUT2D eigenvalue weighted by molar-refractivity contribution is -0.132. The van der Waals surface area contributed by atoms with Crippen molar-refractivity contribution in [2.75, 3.05) is 13.1 Å². The highest BCUT2D eigenvalue weighted by molar-refractivity contribution is 5.77. The standard InChI is InChI=1S/C19H31N3O2/c1-2-3-17(23)22-6-4-16(5-7-22)20-18(24)21-19-10-13-8-14(11-19)15(9-13)12-19/h13-16H,2-12H2,1H3,(H2,20,21,24). The van der Waals surface area contributed by atoms with Crippen LogP contribution in [0.1, 0.15) is 64.7 Å². The van der Waals surface area contributed by atoms with Crippen LogP contribution in [-0.2, 0) is 4.79 Å². The topological polar surface area (TPSA) is 61.4 Å². The highest BCUT2D eigenvalue weighted by Gasteiger charge is 2.56. The van der Waals surface area contributed by atoms with Gasteiger partial charge in [-0.25, -0.2) is 4.79 Å². The number of carbonyl (C=O) groups excluding carboxylic acids is 2. The molecule has 3 amide bonds. The molecule has 24 heavy (non-hydrogen) atoms. The number of carbonyl (C=O) groups is 2. The molecule has 2 N–H and O–H groups in total. The van der Waals surface area contributed by atoms with E-state index in [-0.39, 0.29) is 23.5 Å². The van der Waals surface area contributed by atoms with Crippen molar-refractivity contribution in [3.05, 3.63) is 0 Å². The van der Waals surface area contributed by atoms with Crippen LogP contribution in [0.15, 0.2) is 0 Å². The molecule has 0 aromatic heterocycles. The largest absolute Gasteiger partial charge is 0.343 e. The fourth-order valence-electron chi connectivity index (χ4n) is 6.07. The van der Waals surface area contributed by atoms with Crippen molar-refractivity contribution in [2.24, 2.45) is 17.8 Å². The molecule has 4 aliphatic carbocycles. The van der Waals surface area contributed by atoms with Crippen LogP contribution in [0.5, 0.6) is 0 Å². The molecule has 0 radical (unpaired) electrons. The Morgan fingerprint density at radius 3 is 2.33 bits per heavy atom. The third-order valence-corrected chi connectivity index (χ3v) is 6.95. The first kappa shape index (κ1) is 16.2. The number of piperidine rings is 1. The maximum atomic E-state index is 12.5. The molecule has 1 aliphatic heterocycles. The van der Waals surface area contributed by atoms with Gasteiger partial charge in [0.25, 0.3) is 0 Å². The Bertz CT molecular complexity index is 493. The molecule has 2 unspecified atom stereocenters. The van der Waals surface area contributed by atoms with E-state index in [0.717, 1.165) is 50.1 Å². The van der Waals surface area contributed by atoms with Gasteiger partial charge in [0.05, 0.1) is 0 Å². The summed E-state index contributed by atoms with van der Waals surface area (Å²) < 4.78 is 0. The minimum Gasteiger partial charge on any atom is -0.343 e. The first-order chi connectivity index (χ1) is 11.6. The van der Waals surface area contributed by atoms with Crippen molar-refractivity contribution in [2.45, 2.75) is 76.3 Å². The summed E-state index contributed by atoms with van der Waals surface area (Å²) in [7, 11) is 0. The normalized spacial score (nSPS) is 37.7. The number of hydrogen-bond acceptors (Lipinski definition) is 2. The van der Waals surface area contributed by atoms with Crippen LogP contribution in [0.2, 0.25) is 0 Å². The van der Waals surface area contributed by atoms with Crippen molar-refractivity contribution in [1.82, 2.24) is 15.5 Å². The number of amides is 3. The second-order valence-corrected chi connectivity index (χ2v) is 8.75. The molecule has 4 saturated carbocycles. The number of urea groups is 1. The highest BCUT2D eigenvalue weighted by Crippen LogP contribution is 2.59. The van der Waals surface area contributed by atoms with Crippen molar-refractivity contribution >= 4 is 11.9 Å². The first-order valence-electron chi connectivity index (χ1n) is 9.93. The molecule has 5 heteroatoms. The Kier molecular flexibility index (Phi) is 4.21. The maximum absolute atomic E-state index is 12.5. The van der Waals surface area contributed by atoms with Gasteiger partial charge in [0, 0.05) is 31.1 Å². The van der Waals surface area contributed by atoms with Gasteiger partial charge >= 0.3 is 6.03 Å². The van der Waals surface area contributed by atoms with E-state index in [2.05, 4.69) is 10.6 Å². The zero-order chi connectivity index (χ0) is 16.7. The predicted molar refractivity (Wildman–Crippen MR) is 92.5 cm³/mol. The monoisotopic (exact) mass is 333 g/mol. The number of hydrogen-bond donors (Lipinski definition) is 2. The number of nitrogens with zero attached hydrogens (tertiary/aromatic N) is 1. The summed E-state index contributed by atoms with van der Waals surface area (Å²) in [5.74, 6) is 2.86. The Hall–Kier alpha value is -1.26. The van der Waals surface area contributed by atoms with Gasteiger partial charge in [-0.15, -0.1) is 0 Å². The number of likely N-dealkylation sites (tertiary alicyclic amines) is 1. The third-order valence-electron chi connectivity index (χ3n) is 6.95. The summed E-state index contributed by atoms with van der Waals surface area (Å²) in [6, 6.07) is 0.234. The van der Waals surface area contributed by atoms with Crippen LogP contribution in [0.4, 0.5) is 4.79 Å². The van der Waals surface area contributed by atoms with Gasteiger partial charge < -0.3 is 15.5 Å². The average Bonchev–Trinajstić information content (AvgIpc) is 2.94. The summed E-state index contributed by atoms with van der Waals surface area (Å²) in [5.41, 5.74) is 0.0956. The second-order valence-electron chi connectivity index (χ2n) is 8.75. The molecule has 0 spiro atoms. The molecular weight excluding hydrogens is 302 g/mol. The van der Waals surface area contributed by atoms with E-state index in [0.29, 0.717) is 6.42 Å². The molecule has 5 nitrogen and oxygen atoms in total. The van der Waals surface area contributed by atoms with E-state index < -0.39 is 0 Å². The van der Waals surface area contributed by atoms with E-state index in [4.69, 9.17) is 0 Å². The van der Waals surface area contributed by atoms with Crippen LogP contribution in [0.25, 0.3) is 0 Å². The fourth-order valence-corrected chi connectivity index (χ4v) is 6.07. The fraction of sp³-hybridized carbons (Fsp3) is 0.895. The van der Waals surface area contributed by atoms with E-state index in [1.54, 1.807) is 0 Å². The lowest BCUT2D eigenvalue weighted by atomic mass is 9.76. The minimum atomic E-state index is 0.0234. The van der Waals surface area contributed by atoms with Crippen molar-refractivity contribution in [3.8, 4) is 0 Å². The Morgan fingerprint density at radius 1 is 1.08 bits per heavy atom. The Labute approximate surface area is 144 Å². The summed E-state index contributed by atoms with van der Waals surface area (Å²) in [5, 5.41) is 6.53. The predicted octanol–water partition coefficient (Wildman–Crippen LogP) is 2.66. The lowest BCUT2D eigenvalue weighted by Crippen LogP contribution is -2.56. The first-order valence-corrected chi connectivity index (χ1v) is 9.93. The number of nitrogens with one attached hydrogen (secondary N) is 2. The summed E-state index contributed by atoms with van der Waals surface area (Å²) in [4.78, 5) is 26.4. The Balaban J connectivity index is 1.24. The van der Waals surface area contributed by atoms with Crippen LogP contribution >= 0.6 is 0 Å². The third kappa shape index (κ3) is 3.02. The average molecular weight is 333 g/mol. The van der Waals surface area contributed by atoms with Crippen LogP contribution in [-0.4, -0.2) is 41.5 Å². The molecule has 4 bridgehead atoms. The van der Waals surface area contributed by atoms with E-state index in [1.165, 1.54) is 32.1 Å². The van der Waals surface area contributed by atoms with Crippen LogP contribution in [0.3, 0.4) is 0 Å². The molecule has 0 aromatic carbocycles. The molecule has 0 aromatic rings. The van der Waals surface area contributed by atoms with Crippen LogP contribution in [0, 0.1) is 17.8 Å². The summed E-state index contributed by atoms with van der Waals surface area (Å²) >= 11 is 0. The zero-order valence-electron chi connectivity index (χ0n) is 14.9. The van der Waals surface area contributed by atoms with Gasteiger partial charge in [-0.2, -0.15) is 0 Å². The minimum absolute atomic E-state index is 0.0234. The molecule has 1 saturated heterocycles. The molecule has 5 aliphatic rings. The van der Waals surface area contributed by atoms with Gasteiger partial charge in [-0.3, -0.25) is 4.79 Å². The smallest absolute Gasteiger partial charge is 0.315 e. The lowest BCUT2D eigenvalue weighted by Gasteiger charge is -2.40. The quantitative estimate of drug-likeness (QED) is 0.831. The molecule has 5 rings (SSSR count). The van der Waals surface area contributed by atoms with Crippen LogP contribution < -0.4 is 10.6 Å². The van der Waals surface area contributed by atoms with Gasteiger partial charge in [-0.1, -0.05) is 6.92 Å². The van der Waals surface area contributed by atoms with Gasteiger partial charge in [0.15, 0.2) is 0 Å².